The number of thiophene rings is 1. The van der Waals surface area contributed by atoms with E-state index in [1.807, 2.05) is 17.5 Å². The Morgan fingerprint density at radius 3 is 2.59 bits per heavy atom. The third kappa shape index (κ3) is 4.54. The SMILES string of the molecule is CN(C)S(=O)(=O)N1CCC(c2nn(CC(=O)Nc3nccs3)c(=O)n2-c2cccs2)CC1. The van der Waals surface area contributed by atoms with Crippen LogP contribution in [0.4, 0.5) is 5.13 Å². The second kappa shape index (κ2) is 9.23. The van der Waals surface area contributed by atoms with Crippen LogP contribution in [0.1, 0.15) is 24.6 Å². The predicted octanol–water partition coefficient (Wildman–Crippen LogP) is 1.18. The molecule has 0 unspecified atom stereocenters. The predicted molar refractivity (Wildman–Crippen MR) is 123 cm³/mol. The molecular weight excluding hydrogens is 474 g/mol. The lowest BCUT2D eigenvalue weighted by molar-refractivity contribution is -0.117. The van der Waals surface area contributed by atoms with E-state index in [1.165, 1.54) is 49.9 Å². The second-order valence-electron chi connectivity index (χ2n) is 7.43. The summed E-state index contributed by atoms with van der Waals surface area (Å²) >= 11 is 2.69. The Balaban J connectivity index is 1.59. The van der Waals surface area contributed by atoms with Crippen LogP contribution in [0.3, 0.4) is 0 Å². The Morgan fingerprint density at radius 1 is 1.25 bits per heavy atom. The normalized spacial score (nSPS) is 16.0. The van der Waals surface area contributed by atoms with Gasteiger partial charge >= 0.3 is 5.69 Å². The van der Waals surface area contributed by atoms with Crippen molar-refractivity contribution in [2.24, 2.45) is 0 Å². The largest absolute Gasteiger partial charge is 0.351 e. The van der Waals surface area contributed by atoms with Crippen molar-refractivity contribution in [3.63, 3.8) is 0 Å². The summed E-state index contributed by atoms with van der Waals surface area (Å²) in [6.07, 6.45) is 2.64. The number of carbonyl (C=O) groups is 1. The van der Waals surface area contributed by atoms with Crippen molar-refractivity contribution in [2.75, 3.05) is 32.5 Å². The maximum absolute atomic E-state index is 13.1. The summed E-state index contributed by atoms with van der Waals surface area (Å²) in [5, 5.41) is 11.9. The first kappa shape index (κ1) is 22.8. The Kier molecular flexibility index (Phi) is 6.57. The number of hydrogen-bond acceptors (Lipinski definition) is 8. The fourth-order valence-corrected chi connectivity index (χ4v) is 5.96. The molecular formula is C18H23N7O4S3. The van der Waals surface area contributed by atoms with Crippen LogP contribution in [-0.4, -0.2) is 69.5 Å². The van der Waals surface area contributed by atoms with Gasteiger partial charge < -0.3 is 5.32 Å². The molecule has 14 heteroatoms. The van der Waals surface area contributed by atoms with Crippen molar-refractivity contribution < 1.29 is 13.2 Å². The first-order valence-electron chi connectivity index (χ1n) is 9.88. The zero-order valence-electron chi connectivity index (χ0n) is 17.5. The van der Waals surface area contributed by atoms with E-state index in [1.54, 1.807) is 11.6 Å². The Hall–Kier alpha value is -2.39. The fourth-order valence-electron chi connectivity index (χ4n) is 3.55. The maximum Gasteiger partial charge on any atom is 0.351 e. The third-order valence-corrected chi connectivity index (χ3v) is 8.65. The van der Waals surface area contributed by atoms with Gasteiger partial charge in [-0.15, -0.1) is 22.7 Å². The maximum atomic E-state index is 13.1. The summed E-state index contributed by atoms with van der Waals surface area (Å²) < 4.78 is 30.2. The molecule has 0 aliphatic carbocycles. The minimum atomic E-state index is -3.49. The highest BCUT2D eigenvalue weighted by molar-refractivity contribution is 7.86. The number of hydrogen-bond donors (Lipinski definition) is 1. The number of nitrogens with zero attached hydrogens (tertiary/aromatic N) is 6. The summed E-state index contributed by atoms with van der Waals surface area (Å²) in [6, 6.07) is 3.66. The molecule has 1 amide bonds. The molecule has 0 atom stereocenters. The van der Waals surface area contributed by atoms with E-state index in [0.717, 1.165) is 4.68 Å². The van der Waals surface area contributed by atoms with Gasteiger partial charge in [0, 0.05) is 44.7 Å². The zero-order valence-corrected chi connectivity index (χ0v) is 20.0. The molecule has 11 nitrogen and oxygen atoms in total. The topological polar surface area (TPSA) is 122 Å². The van der Waals surface area contributed by atoms with Gasteiger partial charge in [0.2, 0.25) is 5.91 Å². The third-order valence-electron chi connectivity index (χ3n) is 5.17. The summed E-state index contributed by atoms with van der Waals surface area (Å²) in [7, 11) is -0.470. The Morgan fingerprint density at radius 2 is 2.00 bits per heavy atom. The molecule has 1 saturated heterocycles. The van der Waals surface area contributed by atoms with E-state index in [0.29, 0.717) is 41.9 Å². The van der Waals surface area contributed by atoms with Crippen LogP contribution < -0.4 is 11.0 Å². The van der Waals surface area contributed by atoms with E-state index in [4.69, 9.17) is 0 Å². The molecule has 1 fully saturated rings. The number of aromatic nitrogens is 4. The standard InChI is InChI=1S/C18H23N7O4S3/c1-22(2)32(28,29)23-8-5-13(6-9-23)16-21-24(12-14(26)20-17-19-7-11-31-17)18(27)25(16)15-4-3-10-30-15/h3-4,7,10-11,13H,5-6,8-9,12H2,1-2H3,(H,19,20,26). The molecule has 4 heterocycles. The molecule has 3 aromatic heterocycles. The summed E-state index contributed by atoms with van der Waals surface area (Å²) in [4.78, 5) is 29.6. The number of carbonyl (C=O) groups excluding carboxylic acids is 1. The smallest absolute Gasteiger partial charge is 0.300 e. The molecule has 0 spiro atoms. The number of nitrogens with one attached hydrogen (secondary N) is 1. The highest BCUT2D eigenvalue weighted by Crippen LogP contribution is 2.30. The average molecular weight is 498 g/mol. The molecule has 1 N–H and O–H groups in total. The highest BCUT2D eigenvalue weighted by Gasteiger charge is 2.33. The number of thiazole rings is 1. The molecule has 0 bridgehead atoms. The van der Waals surface area contributed by atoms with Gasteiger partial charge in [-0.25, -0.2) is 19.0 Å². The Bertz CT molecular complexity index is 1220. The molecule has 0 aromatic carbocycles. The lowest BCUT2D eigenvalue weighted by Gasteiger charge is -2.32. The van der Waals surface area contributed by atoms with Gasteiger partial charge in [-0.2, -0.15) is 22.1 Å². The first-order valence-corrected chi connectivity index (χ1v) is 13.0. The van der Waals surface area contributed by atoms with Crippen LogP contribution in [0, 0.1) is 0 Å². The minimum Gasteiger partial charge on any atom is -0.300 e. The van der Waals surface area contributed by atoms with Gasteiger partial charge in [-0.3, -0.25) is 4.79 Å². The van der Waals surface area contributed by atoms with Gasteiger partial charge in [0.15, 0.2) is 5.13 Å². The van der Waals surface area contributed by atoms with Gasteiger partial charge in [-0.1, -0.05) is 0 Å². The van der Waals surface area contributed by atoms with Crippen molar-refractivity contribution in [3.05, 3.63) is 45.4 Å². The van der Waals surface area contributed by atoms with Crippen molar-refractivity contribution >= 4 is 43.9 Å². The van der Waals surface area contributed by atoms with E-state index < -0.39 is 21.8 Å². The molecule has 4 rings (SSSR count). The number of anilines is 1. The molecule has 172 valence electrons. The molecule has 0 radical (unpaired) electrons. The van der Waals surface area contributed by atoms with Crippen LogP contribution in [0.15, 0.2) is 33.9 Å². The monoisotopic (exact) mass is 497 g/mol. The van der Waals surface area contributed by atoms with Crippen LogP contribution in [0.5, 0.6) is 0 Å². The highest BCUT2D eigenvalue weighted by atomic mass is 32.2. The molecule has 1 aliphatic rings. The lowest BCUT2D eigenvalue weighted by Crippen LogP contribution is -2.44. The Labute approximate surface area is 193 Å². The quantitative estimate of drug-likeness (QED) is 0.523. The van der Waals surface area contributed by atoms with Crippen molar-refractivity contribution in [1.82, 2.24) is 27.9 Å². The fraction of sp³-hybridized carbons (Fsp3) is 0.444. The molecule has 32 heavy (non-hydrogen) atoms. The van der Waals surface area contributed by atoms with E-state index >= 15 is 0 Å². The van der Waals surface area contributed by atoms with E-state index in [-0.39, 0.29) is 12.5 Å². The van der Waals surface area contributed by atoms with Crippen LogP contribution in [-0.2, 0) is 21.5 Å². The van der Waals surface area contributed by atoms with Crippen molar-refractivity contribution in [2.45, 2.75) is 25.3 Å². The number of rotatable bonds is 7. The van der Waals surface area contributed by atoms with Crippen LogP contribution in [0.25, 0.3) is 5.00 Å². The van der Waals surface area contributed by atoms with Gasteiger partial charge in [0.25, 0.3) is 10.2 Å². The van der Waals surface area contributed by atoms with Gasteiger partial charge in [0.05, 0.1) is 0 Å². The lowest BCUT2D eigenvalue weighted by atomic mass is 9.97. The summed E-state index contributed by atoms with van der Waals surface area (Å²) in [6.45, 7) is 0.431. The molecule has 3 aromatic rings. The van der Waals surface area contributed by atoms with Gasteiger partial charge in [-0.05, 0) is 30.4 Å². The van der Waals surface area contributed by atoms with Crippen molar-refractivity contribution in [3.8, 4) is 5.00 Å². The average Bonchev–Trinajstić information content (AvgIpc) is 3.51. The minimum absolute atomic E-state index is 0.110. The van der Waals surface area contributed by atoms with Crippen LogP contribution >= 0.6 is 22.7 Å². The molecule has 0 saturated carbocycles. The molecule has 1 aliphatic heterocycles. The number of piperidine rings is 1. The summed E-state index contributed by atoms with van der Waals surface area (Å²) in [5.74, 6) is 0.0411. The summed E-state index contributed by atoms with van der Waals surface area (Å²) in [5.41, 5.74) is -0.403. The number of amides is 1. The first-order chi connectivity index (χ1) is 15.3. The van der Waals surface area contributed by atoms with E-state index in [2.05, 4.69) is 15.4 Å². The van der Waals surface area contributed by atoms with Crippen molar-refractivity contribution in [1.29, 1.82) is 0 Å². The second-order valence-corrected chi connectivity index (χ2v) is 11.4. The zero-order chi connectivity index (χ0) is 22.9. The van der Waals surface area contributed by atoms with Gasteiger partial charge in [0.1, 0.15) is 17.4 Å². The van der Waals surface area contributed by atoms with Crippen LogP contribution in [0.2, 0.25) is 0 Å². The van der Waals surface area contributed by atoms with E-state index in [9.17, 15) is 18.0 Å².